The van der Waals surface area contributed by atoms with Gasteiger partial charge in [-0.25, -0.2) is 4.99 Å². The highest BCUT2D eigenvalue weighted by Gasteiger charge is 1.97. The number of nitrogens with two attached hydrogens (primary N) is 1. The van der Waals surface area contributed by atoms with Gasteiger partial charge in [-0.1, -0.05) is 42.4 Å². The van der Waals surface area contributed by atoms with E-state index in [0.29, 0.717) is 10.2 Å². The van der Waals surface area contributed by atoms with Gasteiger partial charge in [0.15, 0.2) is 5.17 Å². The average molecular weight is 251 g/mol. The van der Waals surface area contributed by atoms with E-state index >= 15 is 0 Å². The zero-order chi connectivity index (χ0) is 9.68. The summed E-state index contributed by atoms with van der Waals surface area (Å²) in [5.41, 5.74) is 6.36. The molecule has 0 radical (unpaired) electrons. The van der Waals surface area contributed by atoms with E-state index in [1.54, 1.807) is 6.07 Å². The number of amidine groups is 1. The topological polar surface area (TPSA) is 38.4 Å². The van der Waals surface area contributed by atoms with Gasteiger partial charge in [0.05, 0.1) is 10.7 Å². The van der Waals surface area contributed by atoms with Crippen LogP contribution in [0.3, 0.4) is 0 Å². The molecule has 0 saturated heterocycles. The van der Waals surface area contributed by atoms with E-state index in [1.807, 2.05) is 25.1 Å². The summed E-state index contributed by atoms with van der Waals surface area (Å²) in [4.78, 5) is 4.17. The zero-order valence-electron chi connectivity index (χ0n) is 7.74. The molecule has 0 heterocycles. The van der Waals surface area contributed by atoms with Crippen LogP contribution in [-0.2, 0) is 0 Å². The fourth-order valence-electron chi connectivity index (χ4n) is 0.841. The second kappa shape index (κ2) is 6.98. The van der Waals surface area contributed by atoms with Gasteiger partial charge in [0.1, 0.15) is 0 Å². The molecule has 0 aromatic heterocycles. The van der Waals surface area contributed by atoms with Gasteiger partial charge in [0, 0.05) is 0 Å². The molecule has 1 rings (SSSR count). The normalized spacial score (nSPS) is 10.9. The molecule has 1 aromatic carbocycles. The van der Waals surface area contributed by atoms with Crippen LogP contribution in [0, 0.1) is 0 Å². The highest BCUT2D eigenvalue weighted by Crippen LogP contribution is 2.24. The van der Waals surface area contributed by atoms with Crippen molar-refractivity contribution in [3.05, 3.63) is 29.3 Å². The SMILES string of the molecule is CCSC(N)=Nc1ccccc1Cl.Cl. The number of benzene rings is 1. The number of hydrogen-bond donors (Lipinski definition) is 1. The highest BCUT2D eigenvalue weighted by molar-refractivity contribution is 8.13. The number of rotatable bonds is 2. The Bertz CT molecular complexity index is 315. The zero-order valence-corrected chi connectivity index (χ0v) is 10.1. The standard InChI is InChI=1S/C9H11ClN2S.ClH/c1-2-13-9(11)12-8-6-4-3-5-7(8)10;/h3-6H,2H2,1H3,(H2,11,12);1H. The van der Waals surface area contributed by atoms with Crippen molar-refractivity contribution in [3.8, 4) is 0 Å². The number of nitrogens with zero attached hydrogens (tertiary/aromatic N) is 1. The van der Waals surface area contributed by atoms with Gasteiger partial charge < -0.3 is 5.73 Å². The summed E-state index contributed by atoms with van der Waals surface area (Å²) in [7, 11) is 0. The van der Waals surface area contributed by atoms with Gasteiger partial charge in [0.25, 0.3) is 0 Å². The van der Waals surface area contributed by atoms with Crippen molar-refractivity contribution in [2.75, 3.05) is 5.75 Å². The van der Waals surface area contributed by atoms with E-state index in [0.717, 1.165) is 11.4 Å². The summed E-state index contributed by atoms with van der Waals surface area (Å²) < 4.78 is 0. The summed E-state index contributed by atoms with van der Waals surface area (Å²) in [5.74, 6) is 0.916. The number of hydrogen-bond acceptors (Lipinski definition) is 2. The molecular weight excluding hydrogens is 239 g/mol. The van der Waals surface area contributed by atoms with Crippen molar-refractivity contribution in [1.82, 2.24) is 0 Å². The molecule has 0 aliphatic heterocycles. The summed E-state index contributed by atoms with van der Waals surface area (Å²) in [5, 5.41) is 1.18. The lowest BCUT2D eigenvalue weighted by atomic mass is 10.3. The predicted octanol–water partition coefficient (Wildman–Crippen LogP) is 3.46. The maximum atomic E-state index is 5.90. The van der Waals surface area contributed by atoms with Gasteiger partial charge in [0.2, 0.25) is 0 Å². The van der Waals surface area contributed by atoms with Crippen LogP contribution < -0.4 is 5.73 Å². The van der Waals surface area contributed by atoms with E-state index < -0.39 is 0 Å². The number of aliphatic imine (C=N–C) groups is 1. The Balaban J connectivity index is 0.00000169. The lowest BCUT2D eigenvalue weighted by molar-refractivity contribution is 1.49. The summed E-state index contributed by atoms with van der Waals surface area (Å²) in [6.07, 6.45) is 0. The first kappa shape index (κ1) is 13.6. The van der Waals surface area contributed by atoms with Crippen molar-refractivity contribution >= 4 is 46.6 Å². The Morgan fingerprint density at radius 3 is 2.71 bits per heavy atom. The van der Waals surface area contributed by atoms with Gasteiger partial charge in [-0.3, -0.25) is 0 Å². The highest BCUT2D eigenvalue weighted by atomic mass is 35.5. The molecule has 0 spiro atoms. The second-order valence-corrected chi connectivity index (χ2v) is 4.03. The third-order valence-corrected chi connectivity index (χ3v) is 2.37. The summed E-state index contributed by atoms with van der Waals surface area (Å²) in [6.45, 7) is 2.03. The molecular formula is C9H12Cl2N2S. The van der Waals surface area contributed by atoms with Crippen LogP contribution in [-0.4, -0.2) is 10.9 Å². The molecule has 2 nitrogen and oxygen atoms in total. The summed E-state index contributed by atoms with van der Waals surface area (Å²) in [6, 6.07) is 7.38. The van der Waals surface area contributed by atoms with Gasteiger partial charge in [-0.2, -0.15) is 0 Å². The maximum Gasteiger partial charge on any atom is 0.159 e. The monoisotopic (exact) mass is 250 g/mol. The third-order valence-electron chi connectivity index (χ3n) is 1.38. The van der Waals surface area contributed by atoms with E-state index in [-0.39, 0.29) is 12.4 Å². The van der Waals surface area contributed by atoms with Crippen molar-refractivity contribution in [1.29, 1.82) is 0 Å². The van der Waals surface area contributed by atoms with E-state index in [1.165, 1.54) is 11.8 Å². The van der Waals surface area contributed by atoms with Crippen molar-refractivity contribution in [2.45, 2.75) is 6.92 Å². The molecule has 1 aromatic rings. The van der Waals surface area contributed by atoms with Crippen LogP contribution >= 0.6 is 35.8 Å². The first-order chi connectivity index (χ1) is 6.24. The Hall–Kier alpha value is -0.380. The molecule has 5 heteroatoms. The van der Waals surface area contributed by atoms with Crippen molar-refractivity contribution in [2.24, 2.45) is 10.7 Å². The van der Waals surface area contributed by atoms with Gasteiger partial charge >= 0.3 is 0 Å². The number of para-hydroxylation sites is 1. The molecule has 78 valence electrons. The Morgan fingerprint density at radius 1 is 1.50 bits per heavy atom. The van der Waals surface area contributed by atoms with Crippen LogP contribution in [0.25, 0.3) is 0 Å². The van der Waals surface area contributed by atoms with Crippen LogP contribution in [0.1, 0.15) is 6.92 Å². The van der Waals surface area contributed by atoms with Gasteiger partial charge in [-0.05, 0) is 17.9 Å². The molecule has 2 N–H and O–H groups in total. The lowest BCUT2D eigenvalue weighted by Crippen LogP contribution is -2.05. The minimum atomic E-state index is 0. The largest absolute Gasteiger partial charge is 0.378 e. The maximum absolute atomic E-state index is 5.90. The van der Waals surface area contributed by atoms with E-state index in [2.05, 4.69) is 4.99 Å². The minimum absolute atomic E-state index is 0. The van der Waals surface area contributed by atoms with Crippen LogP contribution in [0.4, 0.5) is 5.69 Å². The van der Waals surface area contributed by atoms with Crippen LogP contribution in [0.2, 0.25) is 5.02 Å². The average Bonchev–Trinajstić information content (AvgIpc) is 2.09. The summed E-state index contributed by atoms with van der Waals surface area (Å²) >= 11 is 7.40. The molecule has 0 fully saturated rings. The third kappa shape index (κ3) is 4.22. The molecule has 0 amide bonds. The fraction of sp³-hybridized carbons (Fsp3) is 0.222. The smallest absolute Gasteiger partial charge is 0.159 e. The Labute approximate surface area is 99.3 Å². The molecule has 0 bridgehead atoms. The van der Waals surface area contributed by atoms with Gasteiger partial charge in [-0.15, -0.1) is 12.4 Å². The van der Waals surface area contributed by atoms with Crippen molar-refractivity contribution < 1.29 is 0 Å². The molecule has 0 atom stereocenters. The fourth-order valence-corrected chi connectivity index (χ4v) is 1.48. The Kier molecular flexibility index (Phi) is 6.79. The Morgan fingerprint density at radius 2 is 2.14 bits per heavy atom. The van der Waals surface area contributed by atoms with E-state index in [9.17, 15) is 0 Å². The number of thioether (sulfide) groups is 1. The van der Waals surface area contributed by atoms with E-state index in [4.69, 9.17) is 17.3 Å². The first-order valence-corrected chi connectivity index (χ1v) is 5.32. The molecule has 0 unspecified atom stereocenters. The lowest BCUT2D eigenvalue weighted by Gasteiger charge is -1.99. The molecule has 14 heavy (non-hydrogen) atoms. The quantitative estimate of drug-likeness (QED) is 0.645. The second-order valence-electron chi connectivity index (χ2n) is 2.33. The van der Waals surface area contributed by atoms with Crippen molar-refractivity contribution in [3.63, 3.8) is 0 Å². The predicted molar refractivity (Wildman–Crippen MR) is 68.1 cm³/mol. The number of halogens is 2. The first-order valence-electron chi connectivity index (χ1n) is 3.95. The molecule has 0 aliphatic carbocycles. The molecule has 0 saturated carbocycles. The van der Waals surface area contributed by atoms with Crippen LogP contribution in [0.15, 0.2) is 29.3 Å². The van der Waals surface area contributed by atoms with Crippen LogP contribution in [0.5, 0.6) is 0 Å². The molecule has 0 aliphatic rings. The minimum Gasteiger partial charge on any atom is -0.378 e.